The molecule has 0 N–H and O–H groups in total. The summed E-state index contributed by atoms with van der Waals surface area (Å²) in [4.78, 5) is 135. The molecular formula is C89H98O14S. The second-order valence-electron chi connectivity index (χ2n) is 22.7. The fourth-order valence-electron chi connectivity index (χ4n) is 8.92. The van der Waals surface area contributed by atoms with Crippen LogP contribution in [0.5, 0.6) is 11.5 Å². The lowest BCUT2D eigenvalue weighted by Gasteiger charge is -2.09. The van der Waals surface area contributed by atoms with E-state index in [0.29, 0.717) is 80.3 Å². The molecule has 10 aromatic rings. The largest absolute Gasteiger partial charge is 0.490 e. The molecule has 0 unspecified atom stereocenters. The molecular weight excluding hydrogens is 1330 g/mol. The maximum Gasteiger partial charge on any atom is 0.159 e. The molecule has 0 spiro atoms. The molecule has 0 aliphatic rings. The fraction of sp³-hybridized carbons (Fsp3) is 0.213. The van der Waals surface area contributed by atoms with Crippen LogP contribution in [0.15, 0.2) is 240 Å². The highest BCUT2D eigenvalue weighted by Crippen LogP contribution is 2.29. The zero-order chi connectivity index (χ0) is 72.9. The summed E-state index contributed by atoms with van der Waals surface area (Å²) in [5, 5.41) is 1.97. The van der Waals surface area contributed by atoms with Gasteiger partial charge >= 0.3 is 0 Å². The predicted octanol–water partition coefficient (Wildman–Crippen LogP) is 22.2. The lowest BCUT2D eigenvalue weighted by Crippen LogP contribution is -2.09. The van der Waals surface area contributed by atoms with Crippen LogP contribution in [0.25, 0.3) is 21.9 Å². The van der Waals surface area contributed by atoms with Gasteiger partial charge in [0.15, 0.2) is 69.4 Å². The van der Waals surface area contributed by atoms with Crippen LogP contribution in [0, 0.1) is 0 Å². The molecule has 10 aromatic carbocycles. The summed E-state index contributed by atoms with van der Waals surface area (Å²) in [6, 6.07) is 68.4. The van der Waals surface area contributed by atoms with Gasteiger partial charge in [-0.05, 0) is 196 Å². The van der Waals surface area contributed by atoms with Crippen LogP contribution in [-0.4, -0.2) is 82.6 Å². The van der Waals surface area contributed by atoms with Crippen molar-refractivity contribution >= 4 is 91.9 Å². The van der Waals surface area contributed by atoms with Gasteiger partial charge in [0.1, 0.15) is 24.7 Å². The zero-order valence-corrected chi connectivity index (χ0v) is 58.3. The number of carbonyl (C=O) groups is 12. The Labute approximate surface area is 618 Å². The second-order valence-corrected chi connectivity index (χ2v) is 23.8. The van der Waals surface area contributed by atoms with Gasteiger partial charge in [-0.2, -0.15) is 0 Å². The van der Waals surface area contributed by atoms with Crippen molar-refractivity contribution < 1.29 is 67.0 Å². The van der Waals surface area contributed by atoms with E-state index in [9.17, 15) is 57.5 Å². The summed E-state index contributed by atoms with van der Waals surface area (Å²) < 4.78 is 11.1. The third-order valence-corrected chi connectivity index (χ3v) is 15.9. The SMILES string of the molecule is C.C.C.C.C.CC(=O)c1ccc(-c2ccc(C(C)=O)cc2)cc1.CC(=O)c1ccc(C(C)=O)cc1.CC(=O)c1ccc(OCCOc2ccc(C(C)=O)cc2)cc1.CC(=O)c1ccc(Sc2ccc(C(C)=O)cc2)cc1.CC(=O)c1ccc2cc(C(C)=O)ccc2c1.CC(=O)c1cccc(C(C)=O)c1. The maximum atomic E-state index is 11.2. The summed E-state index contributed by atoms with van der Waals surface area (Å²) in [7, 11) is 0. The van der Waals surface area contributed by atoms with E-state index in [-0.39, 0.29) is 107 Å². The Kier molecular flexibility index (Phi) is 40.9. The number of fused-ring (bicyclic) bond motifs is 1. The van der Waals surface area contributed by atoms with Gasteiger partial charge in [0.2, 0.25) is 0 Å². The molecule has 0 fully saturated rings. The first-order chi connectivity index (χ1) is 47.0. The van der Waals surface area contributed by atoms with E-state index in [2.05, 4.69) is 0 Å². The zero-order valence-electron chi connectivity index (χ0n) is 57.5. The molecule has 0 aliphatic carbocycles. The lowest BCUT2D eigenvalue weighted by molar-refractivity contribution is 0.0999. The number of rotatable bonds is 20. The molecule has 0 amide bonds. The highest BCUT2D eigenvalue weighted by molar-refractivity contribution is 7.99. The third-order valence-electron chi connectivity index (χ3n) is 14.8. The van der Waals surface area contributed by atoms with Gasteiger partial charge in [-0.15, -0.1) is 0 Å². The van der Waals surface area contributed by atoms with Crippen LogP contribution in [0.4, 0.5) is 0 Å². The first kappa shape index (κ1) is 92.4. The molecule has 0 bridgehead atoms. The van der Waals surface area contributed by atoms with Gasteiger partial charge in [-0.25, -0.2) is 0 Å². The molecule has 10 rings (SSSR count). The number of hydrogen-bond donors (Lipinski definition) is 0. The number of benzene rings is 10. The van der Waals surface area contributed by atoms with Crippen LogP contribution in [0.3, 0.4) is 0 Å². The monoisotopic (exact) mass is 1420 g/mol. The van der Waals surface area contributed by atoms with Crippen molar-refractivity contribution in [3.63, 3.8) is 0 Å². The van der Waals surface area contributed by atoms with E-state index in [0.717, 1.165) is 42.8 Å². The summed E-state index contributed by atoms with van der Waals surface area (Å²) >= 11 is 1.61. The van der Waals surface area contributed by atoms with Crippen LogP contribution in [-0.2, 0) is 0 Å². The minimum Gasteiger partial charge on any atom is -0.490 e. The van der Waals surface area contributed by atoms with Crippen molar-refractivity contribution in [3.05, 3.63) is 297 Å². The van der Waals surface area contributed by atoms with Crippen LogP contribution >= 0.6 is 11.8 Å². The Morgan fingerprint density at radius 2 is 0.404 bits per heavy atom. The fourth-order valence-corrected chi connectivity index (χ4v) is 9.73. The second kappa shape index (κ2) is 46.1. The van der Waals surface area contributed by atoms with Crippen molar-refractivity contribution in [2.75, 3.05) is 13.2 Å². The highest BCUT2D eigenvalue weighted by atomic mass is 32.2. The minimum absolute atomic E-state index is 0. The average molecular weight is 1420 g/mol. The molecule has 544 valence electrons. The molecule has 14 nitrogen and oxygen atoms in total. The van der Waals surface area contributed by atoms with Gasteiger partial charge in [-0.3, -0.25) is 57.5 Å². The smallest absolute Gasteiger partial charge is 0.159 e. The molecule has 0 saturated carbocycles. The Hall–Kier alpha value is -11.6. The lowest BCUT2D eigenvalue weighted by atomic mass is 10.0. The third kappa shape index (κ3) is 30.7. The van der Waals surface area contributed by atoms with E-state index in [1.807, 2.05) is 121 Å². The van der Waals surface area contributed by atoms with E-state index in [1.165, 1.54) is 41.5 Å². The van der Waals surface area contributed by atoms with Crippen molar-refractivity contribution in [3.8, 4) is 22.6 Å². The molecule has 0 aromatic heterocycles. The Morgan fingerprint density at radius 1 is 0.221 bits per heavy atom. The summed E-state index contributed by atoms with van der Waals surface area (Å²) in [6.07, 6.45) is 0. The van der Waals surface area contributed by atoms with Gasteiger partial charge in [0, 0.05) is 76.6 Å². The average Bonchev–Trinajstić information content (AvgIpc) is 0.821. The van der Waals surface area contributed by atoms with Crippen molar-refractivity contribution in [1.82, 2.24) is 0 Å². The molecule has 15 heteroatoms. The molecule has 104 heavy (non-hydrogen) atoms. The van der Waals surface area contributed by atoms with Crippen molar-refractivity contribution in [2.45, 2.75) is 130 Å². The molecule has 0 radical (unpaired) electrons. The Balaban J connectivity index is 0.00000123. The van der Waals surface area contributed by atoms with Crippen LogP contribution < -0.4 is 9.47 Å². The highest BCUT2D eigenvalue weighted by Gasteiger charge is 2.09. The molecule has 0 heterocycles. The number of Topliss-reactive ketones (excluding diaryl/α,β-unsaturated/α-hetero) is 12. The predicted molar refractivity (Wildman–Crippen MR) is 423 cm³/mol. The number of ketones is 12. The van der Waals surface area contributed by atoms with Gasteiger partial charge < -0.3 is 9.47 Å². The number of carbonyl (C=O) groups excluding carboxylic acids is 12. The molecule has 0 atom stereocenters. The summed E-state index contributed by atoms with van der Waals surface area (Å²) in [6.45, 7) is 19.1. The van der Waals surface area contributed by atoms with E-state index >= 15 is 0 Å². The normalized spacial score (nSPS) is 9.54. The molecule has 0 aliphatic heterocycles. The summed E-state index contributed by atoms with van der Waals surface area (Å²) in [5.74, 6) is 1.84. The van der Waals surface area contributed by atoms with E-state index in [1.54, 1.807) is 162 Å². The van der Waals surface area contributed by atoms with Crippen LogP contribution in [0.1, 0.15) is 245 Å². The van der Waals surface area contributed by atoms with Crippen LogP contribution in [0.2, 0.25) is 0 Å². The topological polar surface area (TPSA) is 223 Å². The maximum absolute atomic E-state index is 11.2. The standard InChI is InChI=1S/C18H18O4.C16H14O2S.C16H14O2.C14H12O2.2C10H10O2.5CH4/c1-13(19)15-3-7-17(8-4-15)21-11-12-22-18-9-5-16(6-10-18)14(2)20;1-11(17)13-3-7-15(8-4-13)19-16-9-5-14(6-10-16)12(2)18;1-11(17)13-3-7-15(8-4-13)16-9-5-14(6-10-16)12(2)18;1-9(15)11-3-5-14-8-12(10(2)16)4-6-13(14)7-11;1-7(11)9-3-5-10(6-4-9)8(2)12;1-7(11)9-4-3-5-10(6-9)8(2)12;;;;;/h3-10H,11-12H2,1-2H3;3-10H,1-2H3;3-10H,1-2H3;3-8H,1-2H3;2*3-6H,1-2H3;5*1H4. The molecule has 0 saturated heterocycles. The first-order valence-electron chi connectivity index (χ1n) is 31.4. The van der Waals surface area contributed by atoms with Crippen molar-refractivity contribution in [2.24, 2.45) is 0 Å². The van der Waals surface area contributed by atoms with E-state index in [4.69, 9.17) is 9.47 Å². The Bertz CT molecular complexity index is 4240. The minimum atomic E-state index is -0.0156. The first-order valence-corrected chi connectivity index (χ1v) is 32.2. The quantitative estimate of drug-likeness (QED) is 0.0511. The van der Waals surface area contributed by atoms with Gasteiger partial charge in [0.25, 0.3) is 0 Å². The van der Waals surface area contributed by atoms with Crippen molar-refractivity contribution in [1.29, 1.82) is 0 Å². The summed E-state index contributed by atoms with van der Waals surface area (Å²) in [5.41, 5.74) is 10.1. The number of ether oxygens (including phenoxy) is 2. The van der Waals surface area contributed by atoms with E-state index < -0.39 is 0 Å². The number of hydrogen-bond acceptors (Lipinski definition) is 15. The Morgan fingerprint density at radius 3 is 0.625 bits per heavy atom. The van der Waals surface area contributed by atoms with Gasteiger partial charge in [-0.1, -0.05) is 188 Å². The van der Waals surface area contributed by atoms with Gasteiger partial charge in [0.05, 0.1) is 0 Å².